The van der Waals surface area contributed by atoms with E-state index in [-0.39, 0.29) is 11.7 Å². The molecule has 2 rings (SSSR count). The van der Waals surface area contributed by atoms with E-state index < -0.39 is 0 Å². The summed E-state index contributed by atoms with van der Waals surface area (Å²) in [5.41, 5.74) is 0.841. The monoisotopic (exact) mass is 260 g/mol. The van der Waals surface area contributed by atoms with E-state index >= 15 is 0 Å². The minimum atomic E-state index is 0.0792. The fourth-order valence-corrected chi connectivity index (χ4v) is 2.78. The van der Waals surface area contributed by atoms with Crippen LogP contribution >= 0.6 is 0 Å². The highest BCUT2D eigenvalue weighted by Gasteiger charge is 2.24. The third-order valence-electron chi connectivity index (χ3n) is 3.69. The van der Waals surface area contributed by atoms with Gasteiger partial charge in [0, 0.05) is 24.6 Å². The van der Waals surface area contributed by atoms with Gasteiger partial charge in [-0.3, -0.25) is 4.79 Å². The SMILES string of the molecule is CN(C)C[C@H](CN1CCCC1)C(=O)c1ccccc1. The summed E-state index contributed by atoms with van der Waals surface area (Å²) >= 11 is 0. The normalized spacial score (nSPS) is 17.8. The van der Waals surface area contributed by atoms with E-state index in [1.54, 1.807) is 0 Å². The van der Waals surface area contributed by atoms with Crippen LogP contribution in [0.1, 0.15) is 23.2 Å². The third-order valence-corrected chi connectivity index (χ3v) is 3.69. The Labute approximate surface area is 116 Å². The van der Waals surface area contributed by atoms with Crippen molar-refractivity contribution in [1.82, 2.24) is 9.80 Å². The van der Waals surface area contributed by atoms with Crippen molar-refractivity contribution in [3.8, 4) is 0 Å². The lowest BCUT2D eigenvalue weighted by atomic mass is 9.96. The average molecular weight is 260 g/mol. The number of carbonyl (C=O) groups is 1. The molecule has 0 saturated carbocycles. The molecule has 1 fully saturated rings. The van der Waals surface area contributed by atoms with Crippen molar-refractivity contribution in [2.24, 2.45) is 5.92 Å². The van der Waals surface area contributed by atoms with Crippen LogP contribution in [0.2, 0.25) is 0 Å². The molecule has 1 aromatic carbocycles. The Morgan fingerprint density at radius 1 is 1.21 bits per heavy atom. The summed E-state index contributed by atoms with van der Waals surface area (Å²) < 4.78 is 0. The maximum atomic E-state index is 12.6. The van der Waals surface area contributed by atoms with Gasteiger partial charge >= 0.3 is 0 Å². The molecule has 0 amide bonds. The van der Waals surface area contributed by atoms with Gasteiger partial charge in [-0.25, -0.2) is 0 Å². The number of ketones is 1. The fourth-order valence-electron chi connectivity index (χ4n) is 2.78. The Bertz CT molecular complexity index is 396. The first-order valence-corrected chi connectivity index (χ1v) is 7.13. The molecular formula is C16H24N2O. The molecule has 19 heavy (non-hydrogen) atoms. The molecule has 3 nitrogen and oxygen atoms in total. The van der Waals surface area contributed by atoms with Crippen LogP contribution in [0.3, 0.4) is 0 Å². The lowest BCUT2D eigenvalue weighted by Crippen LogP contribution is -2.37. The highest BCUT2D eigenvalue weighted by Crippen LogP contribution is 2.15. The molecule has 1 atom stereocenters. The summed E-state index contributed by atoms with van der Waals surface area (Å²) in [6.45, 7) is 4.01. The van der Waals surface area contributed by atoms with Gasteiger partial charge in [0.25, 0.3) is 0 Å². The molecule has 1 heterocycles. The van der Waals surface area contributed by atoms with Crippen LogP contribution in [0, 0.1) is 5.92 Å². The van der Waals surface area contributed by atoms with E-state index in [0.29, 0.717) is 0 Å². The first kappa shape index (κ1) is 14.2. The third kappa shape index (κ3) is 4.15. The fraction of sp³-hybridized carbons (Fsp3) is 0.562. The van der Waals surface area contributed by atoms with Crippen LogP contribution in [0.15, 0.2) is 30.3 Å². The van der Waals surface area contributed by atoms with Gasteiger partial charge in [0.05, 0.1) is 0 Å². The van der Waals surface area contributed by atoms with E-state index in [1.807, 2.05) is 44.4 Å². The van der Waals surface area contributed by atoms with Crippen molar-refractivity contribution in [2.45, 2.75) is 12.8 Å². The molecule has 0 bridgehead atoms. The lowest BCUT2D eigenvalue weighted by Gasteiger charge is -2.25. The predicted molar refractivity (Wildman–Crippen MR) is 78.5 cm³/mol. The van der Waals surface area contributed by atoms with Gasteiger partial charge in [-0.15, -0.1) is 0 Å². The highest BCUT2D eigenvalue weighted by atomic mass is 16.1. The maximum Gasteiger partial charge on any atom is 0.168 e. The Hall–Kier alpha value is -1.19. The zero-order valence-corrected chi connectivity index (χ0v) is 12.0. The molecular weight excluding hydrogens is 236 g/mol. The summed E-state index contributed by atoms with van der Waals surface area (Å²) in [4.78, 5) is 17.2. The summed E-state index contributed by atoms with van der Waals surface area (Å²) in [5, 5.41) is 0. The van der Waals surface area contributed by atoms with Crippen LogP contribution in [-0.4, -0.2) is 55.9 Å². The molecule has 104 valence electrons. The number of nitrogens with zero attached hydrogens (tertiary/aromatic N) is 2. The molecule has 0 aliphatic carbocycles. The molecule has 0 unspecified atom stereocenters. The van der Waals surface area contributed by atoms with Gasteiger partial charge in [0.15, 0.2) is 5.78 Å². The number of benzene rings is 1. The zero-order chi connectivity index (χ0) is 13.7. The van der Waals surface area contributed by atoms with Gasteiger partial charge < -0.3 is 9.80 Å². The number of hydrogen-bond acceptors (Lipinski definition) is 3. The topological polar surface area (TPSA) is 23.6 Å². The van der Waals surface area contributed by atoms with Crippen molar-refractivity contribution >= 4 is 5.78 Å². The van der Waals surface area contributed by atoms with Crippen LogP contribution in [0.4, 0.5) is 0 Å². The van der Waals surface area contributed by atoms with Crippen LogP contribution in [-0.2, 0) is 0 Å². The van der Waals surface area contributed by atoms with Crippen LogP contribution in [0.5, 0.6) is 0 Å². The summed E-state index contributed by atoms with van der Waals surface area (Å²) in [6.07, 6.45) is 2.54. The predicted octanol–water partition coefficient (Wildman–Crippen LogP) is 2.14. The number of carbonyl (C=O) groups excluding carboxylic acids is 1. The van der Waals surface area contributed by atoms with E-state index in [4.69, 9.17) is 0 Å². The molecule has 0 N–H and O–H groups in total. The van der Waals surface area contributed by atoms with Crippen molar-refractivity contribution in [2.75, 3.05) is 40.3 Å². The quantitative estimate of drug-likeness (QED) is 0.732. The van der Waals surface area contributed by atoms with E-state index in [9.17, 15) is 4.79 Å². The van der Waals surface area contributed by atoms with Crippen molar-refractivity contribution in [3.63, 3.8) is 0 Å². The summed E-state index contributed by atoms with van der Waals surface area (Å²) in [5.74, 6) is 0.358. The second-order valence-electron chi connectivity index (χ2n) is 5.70. The van der Waals surface area contributed by atoms with E-state index in [2.05, 4.69) is 9.80 Å². The van der Waals surface area contributed by atoms with E-state index in [1.165, 1.54) is 12.8 Å². The number of likely N-dealkylation sites (tertiary alicyclic amines) is 1. The summed E-state index contributed by atoms with van der Waals surface area (Å²) in [7, 11) is 4.07. The van der Waals surface area contributed by atoms with E-state index in [0.717, 1.165) is 31.7 Å². The molecule has 1 aliphatic rings. The Morgan fingerprint density at radius 3 is 2.42 bits per heavy atom. The number of hydrogen-bond donors (Lipinski definition) is 0. The molecule has 0 radical (unpaired) electrons. The number of Topliss-reactive ketones (excluding diaryl/α,β-unsaturated/α-hetero) is 1. The lowest BCUT2D eigenvalue weighted by molar-refractivity contribution is 0.0861. The Kier molecular flexibility index (Phi) is 5.11. The van der Waals surface area contributed by atoms with Gasteiger partial charge in [-0.05, 0) is 40.0 Å². The first-order valence-electron chi connectivity index (χ1n) is 7.13. The van der Waals surface area contributed by atoms with Gasteiger partial charge in [-0.1, -0.05) is 30.3 Å². The zero-order valence-electron chi connectivity index (χ0n) is 12.0. The van der Waals surface area contributed by atoms with Gasteiger partial charge in [0.2, 0.25) is 0 Å². The molecule has 1 saturated heterocycles. The summed E-state index contributed by atoms with van der Waals surface area (Å²) in [6, 6.07) is 9.69. The smallest absolute Gasteiger partial charge is 0.168 e. The Morgan fingerprint density at radius 2 is 1.84 bits per heavy atom. The minimum absolute atomic E-state index is 0.0792. The largest absolute Gasteiger partial charge is 0.309 e. The highest BCUT2D eigenvalue weighted by molar-refractivity contribution is 5.98. The second kappa shape index (κ2) is 6.83. The number of rotatable bonds is 6. The average Bonchev–Trinajstić information content (AvgIpc) is 2.90. The van der Waals surface area contributed by atoms with Gasteiger partial charge in [-0.2, -0.15) is 0 Å². The molecule has 0 spiro atoms. The van der Waals surface area contributed by atoms with Crippen molar-refractivity contribution in [3.05, 3.63) is 35.9 Å². The van der Waals surface area contributed by atoms with Crippen molar-refractivity contribution in [1.29, 1.82) is 0 Å². The Balaban J connectivity index is 2.05. The molecule has 1 aromatic rings. The maximum absolute atomic E-state index is 12.6. The molecule has 0 aromatic heterocycles. The van der Waals surface area contributed by atoms with Gasteiger partial charge in [0.1, 0.15) is 0 Å². The minimum Gasteiger partial charge on any atom is -0.309 e. The second-order valence-corrected chi connectivity index (χ2v) is 5.70. The van der Waals surface area contributed by atoms with Crippen molar-refractivity contribution < 1.29 is 4.79 Å². The molecule has 1 aliphatic heterocycles. The molecule has 3 heteroatoms. The first-order chi connectivity index (χ1) is 9.16. The van der Waals surface area contributed by atoms with Crippen LogP contribution in [0.25, 0.3) is 0 Å². The standard InChI is InChI=1S/C16H24N2O/c1-17(2)12-15(13-18-10-6-7-11-18)16(19)14-8-4-3-5-9-14/h3-5,8-9,15H,6-7,10-13H2,1-2H3/t15-/m1/s1. The van der Waals surface area contributed by atoms with Crippen LogP contribution < -0.4 is 0 Å².